The molecule has 0 saturated heterocycles. The zero-order valence-corrected chi connectivity index (χ0v) is 11.1. The zero-order valence-electron chi connectivity index (χ0n) is 10.4. The molecule has 0 fully saturated rings. The Morgan fingerprint density at radius 3 is 3.12 bits per heavy atom. The third-order valence-electron chi connectivity index (χ3n) is 4.06. The average molecular weight is 248 g/mol. The summed E-state index contributed by atoms with van der Waals surface area (Å²) in [4.78, 5) is 4.22. The first-order valence-electron chi connectivity index (χ1n) is 6.45. The van der Waals surface area contributed by atoms with Crippen LogP contribution in [0.5, 0.6) is 0 Å². The maximum atomic E-state index is 6.91. The molecule has 0 amide bonds. The van der Waals surface area contributed by atoms with Gasteiger partial charge in [0.2, 0.25) is 0 Å². The number of hydrogen-bond donors (Lipinski definition) is 0. The minimum atomic E-state index is -0.303. The van der Waals surface area contributed by atoms with Gasteiger partial charge in [0.1, 0.15) is 0 Å². The molecule has 3 aliphatic rings. The van der Waals surface area contributed by atoms with Crippen LogP contribution in [0.15, 0.2) is 30.5 Å². The summed E-state index contributed by atoms with van der Waals surface area (Å²) >= 11 is 6.91. The molecule has 0 radical (unpaired) electrons. The Morgan fingerprint density at radius 1 is 1.53 bits per heavy atom. The molecule has 1 heterocycles. The van der Waals surface area contributed by atoms with Gasteiger partial charge in [0.15, 0.2) is 0 Å². The third kappa shape index (κ3) is 1.63. The van der Waals surface area contributed by atoms with E-state index >= 15 is 0 Å². The Balaban J connectivity index is 2.06. The molecule has 0 saturated carbocycles. The molecule has 0 aromatic carbocycles. The Kier molecular flexibility index (Phi) is 2.55. The van der Waals surface area contributed by atoms with Gasteiger partial charge in [-0.25, -0.2) is 0 Å². The van der Waals surface area contributed by atoms with E-state index in [9.17, 15) is 0 Å². The van der Waals surface area contributed by atoms with Crippen molar-refractivity contribution in [3.05, 3.63) is 41.7 Å². The number of hydrogen-bond acceptors (Lipinski definition) is 1. The standard InChI is InChI=1S/C15H18ClN/c1-10(2)8-12-9-11-5-6-15(12,16)13-4-3-7-17-14(11)13/h3-7,10-12H,8-9H2,1-2H3. The normalized spacial score (nSPS) is 34.1. The summed E-state index contributed by atoms with van der Waals surface area (Å²) in [5, 5.41) is 0. The van der Waals surface area contributed by atoms with Gasteiger partial charge >= 0.3 is 0 Å². The molecule has 4 rings (SSSR count). The van der Waals surface area contributed by atoms with E-state index in [1.165, 1.54) is 17.7 Å². The van der Waals surface area contributed by atoms with Crippen molar-refractivity contribution in [2.45, 2.75) is 37.5 Å². The predicted octanol–water partition coefficient (Wildman–Crippen LogP) is 4.24. The van der Waals surface area contributed by atoms with Gasteiger partial charge in [-0.1, -0.05) is 32.1 Å². The summed E-state index contributed by atoms with van der Waals surface area (Å²) in [7, 11) is 0. The Bertz CT molecular complexity index is 466. The number of pyridine rings is 1. The summed E-state index contributed by atoms with van der Waals surface area (Å²) in [6.07, 6.45) is 8.69. The number of nitrogens with zero attached hydrogens (tertiary/aromatic N) is 1. The molecular weight excluding hydrogens is 230 g/mol. The van der Waals surface area contributed by atoms with Crippen LogP contribution in [0.4, 0.5) is 0 Å². The molecular formula is C15H18ClN. The third-order valence-corrected chi connectivity index (χ3v) is 4.70. The van der Waals surface area contributed by atoms with E-state index in [0.717, 1.165) is 6.42 Å². The quantitative estimate of drug-likeness (QED) is 0.563. The highest BCUT2D eigenvalue weighted by molar-refractivity contribution is 6.26. The van der Waals surface area contributed by atoms with Crippen molar-refractivity contribution in [3.8, 4) is 0 Å². The SMILES string of the molecule is CC(C)CC1CC2C=CC1(Cl)c1cccnc12. The van der Waals surface area contributed by atoms with Crippen LogP contribution in [0.1, 0.15) is 43.9 Å². The molecule has 90 valence electrons. The molecule has 0 spiro atoms. The first-order valence-corrected chi connectivity index (χ1v) is 6.82. The number of alkyl halides is 1. The molecule has 2 heteroatoms. The van der Waals surface area contributed by atoms with Crippen LogP contribution in [0.2, 0.25) is 0 Å². The van der Waals surface area contributed by atoms with Gasteiger partial charge in [-0.05, 0) is 36.3 Å². The lowest BCUT2D eigenvalue weighted by Crippen LogP contribution is -2.39. The van der Waals surface area contributed by atoms with E-state index < -0.39 is 0 Å². The Labute approximate surface area is 108 Å². The summed E-state index contributed by atoms with van der Waals surface area (Å²) < 4.78 is 0. The molecule has 1 aromatic heterocycles. The Hall–Kier alpha value is -0.820. The lowest BCUT2D eigenvalue weighted by Gasteiger charge is -2.45. The molecule has 3 atom stereocenters. The first kappa shape index (κ1) is 11.3. The average Bonchev–Trinajstić information content (AvgIpc) is 2.31. The number of aromatic nitrogens is 1. The van der Waals surface area contributed by atoms with E-state index in [4.69, 9.17) is 11.6 Å². The van der Waals surface area contributed by atoms with E-state index in [1.54, 1.807) is 0 Å². The minimum absolute atomic E-state index is 0.303. The van der Waals surface area contributed by atoms with Crippen molar-refractivity contribution in [1.82, 2.24) is 4.98 Å². The van der Waals surface area contributed by atoms with Crippen LogP contribution in [0, 0.1) is 11.8 Å². The fourth-order valence-electron chi connectivity index (χ4n) is 3.34. The van der Waals surface area contributed by atoms with Crippen LogP contribution in [0.3, 0.4) is 0 Å². The lowest BCUT2D eigenvalue weighted by molar-refractivity contribution is 0.284. The number of halogens is 1. The van der Waals surface area contributed by atoms with Crippen LogP contribution in [0.25, 0.3) is 0 Å². The summed E-state index contributed by atoms with van der Waals surface area (Å²) in [6, 6.07) is 4.16. The van der Waals surface area contributed by atoms with Gasteiger partial charge in [0.05, 0.1) is 10.6 Å². The number of allylic oxidation sites excluding steroid dienone is 2. The summed E-state index contributed by atoms with van der Waals surface area (Å²) in [5.41, 5.74) is 2.44. The van der Waals surface area contributed by atoms with Crippen molar-refractivity contribution >= 4 is 11.6 Å². The zero-order chi connectivity index (χ0) is 12.0. The minimum Gasteiger partial charge on any atom is -0.260 e. The number of rotatable bonds is 2. The van der Waals surface area contributed by atoms with E-state index in [-0.39, 0.29) is 4.87 Å². The molecule has 3 aliphatic carbocycles. The van der Waals surface area contributed by atoms with E-state index in [0.29, 0.717) is 17.8 Å². The summed E-state index contributed by atoms with van der Waals surface area (Å²) in [5.74, 6) is 1.73. The van der Waals surface area contributed by atoms with Crippen molar-refractivity contribution < 1.29 is 0 Å². The molecule has 0 aliphatic heterocycles. The van der Waals surface area contributed by atoms with E-state index in [2.05, 4.69) is 37.0 Å². The van der Waals surface area contributed by atoms with Gasteiger partial charge in [0, 0.05) is 12.1 Å². The smallest absolute Gasteiger partial charge is 0.0921 e. The first-order chi connectivity index (χ1) is 8.11. The fourth-order valence-corrected chi connectivity index (χ4v) is 3.75. The summed E-state index contributed by atoms with van der Waals surface area (Å²) in [6.45, 7) is 4.55. The topological polar surface area (TPSA) is 12.9 Å². The highest BCUT2D eigenvalue weighted by Gasteiger charge is 2.47. The van der Waals surface area contributed by atoms with Gasteiger partial charge in [-0.3, -0.25) is 4.98 Å². The molecule has 1 nitrogen and oxygen atoms in total. The van der Waals surface area contributed by atoms with Gasteiger partial charge in [-0.15, -0.1) is 11.6 Å². The molecule has 0 N–H and O–H groups in total. The maximum absolute atomic E-state index is 6.91. The van der Waals surface area contributed by atoms with Crippen molar-refractivity contribution in [3.63, 3.8) is 0 Å². The highest BCUT2D eigenvalue weighted by atomic mass is 35.5. The van der Waals surface area contributed by atoms with E-state index in [1.807, 2.05) is 12.3 Å². The van der Waals surface area contributed by atoms with Gasteiger partial charge < -0.3 is 0 Å². The van der Waals surface area contributed by atoms with Crippen LogP contribution in [-0.2, 0) is 4.87 Å². The van der Waals surface area contributed by atoms with Crippen LogP contribution < -0.4 is 0 Å². The largest absolute Gasteiger partial charge is 0.260 e. The molecule has 3 unspecified atom stereocenters. The van der Waals surface area contributed by atoms with Crippen molar-refractivity contribution in [2.24, 2.45) is 11.8 Å². The lowest BCUT2D eigenvalue weighted by atomic mass is 9.65. The fraction of sp³-hybridized carbons (Fsp3) is 0.533. The maximum Gasteiger partial charge on any atom is 0.0921 e. The second-order valence-corrected chi connectivity index (χ2v) is 6.36. The highest BCUT2D eigenvalue weighted by Crippen LogP contribution is 2.55. The molecule has 17 heavy (non-hydrogen) atoms. The predicted molar refractivity (Wildman–Crippen MR) is 71.2 cm³/mol. The van der Waals surface area contributed by atoms with Gasteiger partial charge in [-0.2, -0.15) is 0 Å². The monoisotopic (exact) mass is 247 g/mol. The van der Waals surface area contributed by atoms with Crippen LogP contribution >= 0.6 is 11.6 Å². The number of fused-ring (bicyclic) bond motifs is 1. The second kappa shape index (κ2) is 3.84. The van der Waals surface area contributed by atoms with Crippen molar-refractivity contribution in [1.29, 1.82) is 0 Å². The molecule has 1 aromatic rings. The van der Waals surface area contributed by atoms with Crippen LogP contribution in [-0.4, -0.2) is 4.98 Å². The molecule has 2 bridgehead atoms. The van der Waals surface area contributed by atoms with Crippen molar-refractivity contribution in [2.75, 3.05) is 0 Å². The Morgan fingerprint density at radius 2 is 2.35 bits per heavy atom. The van der Waals surface area contributed by atoms with Gasteiger partial charge in [0.25, 0.3) is 0 Å². The second-order valence-electron chi connectivity index (χ2n) is 5.73.